The van der Waals surface area contributed by atoms with E-state index in [0.717, 1.165) is 25.1 Å². The van der Waals surface area contributed by atoms with E-state index in [1.54, 1.807) is 0 Å². The van der Waals surface area contributed by atoms with E-state index < -0.39 is 23.2 Å². The minimum atomic E-state index is -1.28. The fourth-order valence-corrected chi connectivity index (χ4v) is 1.80. The number of hydrogen-bond acceptors (Lipinski definition) is 3. The van der Waals surface area contributed by atoms with Gasteiger partial charge in [0.2, 0.25) is 0 Å². The van der Waals surface area contributed by atoms with Gasteiger partial charge in [0.05, 0.1) is 6.20 Å². The third kappa shape index (κ3) is 2.32. The van der Waals surface area contributed by atoms with E-state index in [2.05, 4.69) is 10.3 Å². The molecule has 1 heterocycles. The molecule has 1 aliphatic carbocycles. The molecule has 18 heavy (non-hydrogen) atoms. The average molecular weight is 252 g/mol. The van der Waals surface area contributed by atoms with Crippen molar-refractivity contribution < 1.29 is 19.1 Å². The maximum atomic E-state index is 12.7. The summed E-state index contributed by atoms with van der Waals surface area (Å²) in [4.78, 5) is 26.7. The normalized spacial score (nSPS) is 17.9. The van der Waals surface area contributed by atoms with Crippen molar-refractivity contribution in [2.45, 2.75) is 25.3 Å². The Morgan fingerprint density at radius 2 is 2.17 bits per heavy atom. The van der Waals surface area contributed by atoms with Crippen LogP contribution in [0.25, 0.3) is 0 Å². The Balaban J connectivity index is 2.15. The number of halogens is 1. The minimum absolute atomic E-state index is 0.00419. The van der Waals surface area contributed by atoms with E-state index >= 15 is 0 Å². The van der Waals surface area contributed by atoms with Crippen molar-refractivity contribution in [2.24, 2.45) is 5.92 Å². The number of amides is 1. The highest BCUT2D eigenvalue weighted by molar-refractivity contribution is 5.96. The molecule has 1 atom stereocenters. The SMILES string of the molecule is CC(NC(=O)c1ccc(F)cn1)(C(=O)O)C1CC1. The molecule has 6 heteroatoms. The van der Waals surface area contributed by atoms with Gasteiger partial charge in [-0.25, -0.2) is 14.2 Å². The van der Waals surface area contributed by atoms with Gasteiger partial charge in [0, 0.05) is 0 Å². The van der Waals surface area contributed by atoms with Crippen molar-refractivity contribution >= 4 is 11.9 Å². The van der Waals surface area contributed by atoms with Crippen LogP contribution in [0.2, 0.25) is 0 Å². The number of hydrogen-bond donors (Lipinski definition) is 2. The summed E-state index contributed by atoms with van der Waals surface area (Å²) in [6.45, 7) is 1.48. The van der Waals surface area contributed by atoms with Gasteiger partial charge in [0.1, 0.15) is 17.1 Å². The van der Waals surface area contributed by atoms with Crippen LogP contribution >= 0.6 is 0 Å². The number of carboxylic acids is 1. The molecular weight excluding hydrogens is 239 g/mol. The van der Waals surface area contributed by atoms with Gasteiger partial charge in [-0.3, -0.25) is 4.79 Å². The van der Waals surface area contributed by atoms with E-state index in [9.17, 15) is 19.1 Å². The number of nitrogens with one attached hydrogen (secondary N) is 1. The molecule has 1 aromatic rings. The molecule has 5 nitrogen and oxygen atoms in total. The number of rotatable bonds is 4. The molecule has 2 rings (SSSR count). The molecule has 1 aliphatic rings. The first-order valence-electron chi connectivity index (χ1n) is 5.61. The Kier molecular flexibility index (Phi) is 3.02. The second kappa shape index (κ2) is 4.36. The van der Waals surface area contributed by atoms with Crippen LogP contribution in [0.5, 0.6) is 0 Å². The lowest BCUT2D eigenvalue weighted by Crippen LogP contribution is -2.54. The summed E-state index contributed by atoms with van der Waals surface area (Å²) in [5.74, 6) is -2.28. The molecule has 96 valence electrons. The van der Waals surface area contributed by atoms with Gasteiger partial charge >= 0.3 is 5.97 Å². The predicted molar refractivity (Wildman–Crippen MR) is 60.4 cm³/mol. The highest BCUT2D eigenvalue weighted by atomic mass is 19.1. The number of carboxylic acid groups (broad SMARTS) is 1. The van der Waals surface area contributed by atoms with Gasteiger partial charge < -0.3 is 10.4 Å². The van der Waals surface area contributed by atoms with Crippen molar-refractivity contribution in [3.05, 3.63) is 29.8 Å². The summed E-state index contributed by atoms with van der Waals surface area (Å²) in [6.07, 6.45) is 2.48. The standard InChI is InChI=1S/C12H13FN2O3/c1-12(11(17)18,7-2-3-7)15-10(16)9-5-4-8(13)6-14-9/h4-7H,2-3H2,1H3,(H,15,16)(H,17,18). The van der Waals surface area contributed by atoms with Crippen molar-refractivity contribution in [1.82, 2.24) is 10.3 Å². The van der Waals surface area contributed by atoms with Gasteiger partial charge in [0.25, 0.3) is 5.91 Å². The van der Waals surface area contributed by atoms with Crippen LogP contribution < -0.4 is 5.32 Å². The van der Waals surface area contributed by atoms with Crippen molar-refractivity contribution in [1.29, 1.82) is 0 Å². The fraction of sp³-hybridized carbons (Fsp3) is 0.417. The average Bonchev–Trinajstić information content (AvgIpc) is 3.13. The summed E-state index contributed by atoms with van der Waals surface area (Å²) in [5.41, 5.74) is -1.28. The van der Waals surface area contributed by atoms with E-state index in [-0.39, 0.29) is 11.6 Å². The lowest BCUT2D eigenvalue weighted by molar-refractivity contribution is -0.144. The summed E-state index contributed by atoms with van der Waals surface area (Å²) in [6, 6.07) is 2.33. The van der Waals surface area contributed by atoms with Crippen molar-refractivity contribution in [3.63, 3.8) is 0 Å². The first-order chi connectivity index (χ1) is 8.43. The van der Waals surface area contributed by atoms with E-state index in [4.69, 9.17) is 0 Å². The van der Waals surface area contributed by atoms with Gasteiger partial charge in [0.15, 0.2) is 0 Å². The molecule has 0 bridgehead atoms. The first-order valence-corrected chi connectivity index (χ1v) is 5.61. The topological polar surface area (TPSA) is 79.3 Å². The molecule has 0 aliphatic heterocycles. The zero-order valence-corrected chi connectivity index (χ0v) is 9.81. The zero-order chi connectivity index (χ0) is 13.3. The van der Waals surface area contributed by atoms with Gasteiger partial charge in [-0.15, -0.1) is 0 Å². The van der Waals surface area contributed by atoms with Crippen molar-refractivity contribution in [3.8, 4) is 0 Å². The lowest BCUT2D eigenvalue weighted by Gasteiger charge is -2.25. The Labute approximate surface area is 103 Å². The number of aliphatic carboxylic acids is 1. The molecule has 1 fully saturated rings. The van der Waals surface area contributed by atoms with E-state index in [1.165, 1.54) is 13.0 Å². The summed E-state index contributed by atoms with van der Waals surface area (Å²) >= 11 is 0. The smallest absolute Gasteiger partial charge is 0.329 e. The molecule has 0 saturated heterocycles. The molecule has 1 amide bonds. The minimum Gasteiger partial charge on any atom is -0.480 e. The van der Waals surface area contributed by atoms with Crippen LogP contribution in [0.3, 0.4) is 0 Å². The second-order valence-electron chi connectivity index (χ2n) is 4.60. The third-order valence-corrected chi connectivity index (χ3v) is 3.17. The maximum absolute atomic E-state index is 12.7. The van der Waals surface area contributed by atoms with Crippen LogP contribution in [0.1, 0.15) is 30.3 Å². The molecule has 0 radical (unpaired) electrons. The Morgan fingerprint density at radius 3 is 2.61 bits per heavy atom. The first kappa shape index (κ1) is 12.5. The van der Waals surface area contributed by atoms with Crippen molar-refractivity contribution in [2.75, 3.05) is 0 Å². The van der Waals surface area contributed by atoms with Gasteiger partial charge in [-0.2, -0.15) is 0 Å². The van der Waals surface area contributed by atoms with Crippen LogP contribution in [0.15, 0.2) is 18.3 Å². The number of aromatic nitrogens is 1. The number of carbonyl (C=O) groups excluding carboxylic acids is 1. The highest BCUT2D eigenvalue weighted by Gasteiger charge is 2.48. The third-order valence-electron chi connectivity index (χ3n) is 3.17. The molecule has 0 spiro atoms. The predicted octanol–water partition coefficient (Wildman–Crippen LogP) is 1.20. The fourth-order valence-electron chi connectivity index (χ4n) is 1.80. The van der Waals surface area contributed by atoms with E-state index in [1.807, 2.05) is 0 Å². The highest BCUT2D eigenvalue weighted by Crippen LogP contribution is 2.39. The Hall–Kier alpha value is -1.98. The number of nitrogens with zero attached hydrogens (tertiary/aromatic N) is 1. The number of carbonyl (C=O) groups is 2. The second-order valence-corrected chi connectivity index (χ2v) is 4.60. The van der Waals surface area contributed by atoms with E-state index in [0.29, 0.717) is 0 Å². The maximum Gasteiger partial charge on any atom is 0.329 e. The molecule has 2 N–H and O–H groups in total. The lowest BCUT2D eigenvalue weighted by atomic mass is 9.96. The quantitative estimate of drug-likeness (QED) is 0.844. The summed E-state index contributed by atoms with van der Waals surface area (Å²) < 4.78 is 12.7. The molecule has 1 saturated carbocycles. The van der Waals surface area contributed by atoms with Crippen LogP contribution in [0.4, 0.5) is 4.39 Å². The van der Waals surface area contributed by atoms with Crippen LogP contribution in [-0.4, -0.2) is 27.5 Å². The Bertz CT molecular complexity index is 485. The van der Waals surface area contributed by atoms with Gasteiger partial charge in [-0.05, 0) is 37.8 Å². The Morgan fingerprint density at radius 1 is 1.50 bits per heavy atom. The molecular formula is C12H13FN2O3. The molecule has 1 unspecified atom stereocenters. The largest absolute Gasteiger partial charge is 0.480 e. The number of pyridine rings is 1. The summed E-state index contributed by atoms with van der Waals surface area (Å²) in [5, 5.41) is 11.7. The van der Waals surface area contributed by atoms with Crippen LogP contribution in [0, 0.1) is 11.7 Å². The summed E-state index contributed by atoms with van der Waals surface area (Å²) in [7, 11) is 0. The molecule has 1 aromatic heterocycles. The molecule has 0 aromatic carbocycles. The monoisotopic (exact) mass is 252 g/mol. The van der Waals surface area contributed by atoms with Crippen LogP contribution in [-0.2, 0) is 4.79 Å². The van der Waals surface area contributed by atoms with Gasteiger partial charge in [-0.1, -0.05) is 0 Å². The zero-order valence-electron chi connectivity index (χ0n) is 9.81.